The van der Waals surface area contributed by atoms with Crippen LogP contribution in [0.15, 0.2) is 24.3 Å². The number of carbonyl (C=O) groups excluding carboxylic acids is 3. The second-order valence-electron chi connectivity index (χ2n) is 6.19. The average Bonchev–Trinajstić information content (AvgIpc) is 3.35. The van der Waals surface area contributed by atoms with Crippen molar-refractivity contribution in [2.75, 3.05) is 26.7 Å². The first kappa shape index (κ1) is 16.4. The van der Waals surface area contributed by atoms with Gasteiger partial charge >= 0.3 is 6.03 Å². The lowest BCUT2D eigenvalue weighted by molar-refractivity contribution is -0.129. The zero-order valence-electron chi connectivity index (χ0n) is 13.7. The summed E-state index contributed by atoms with van der Waals surface area (Å²) in [4.78, 5) is 38.9. The summed E-state index contributed by atoms with van der Waals surface area (Å²) in [7, 11) is 1.60. The number of imide groups is 1. The van der Waals surface area contributed by atoms with Crippen LogP contribution in [0.4, 0.5) is 4.79 Å². The zero-order chi connectivity index (χ0) is 17.1. The minimum absolute atomic E-state index is 0.115. The molecule has 0 unspecified atom stereocenters. The molecule has 7 nitrogen and oxygen atoms in total. The van der Waals surface area contributed by atoms with Gasteiger partial charge in [0.1, 0.15) is 0 Å². The van der Waals surface area contributed by atoms with E-state index in [-0.39, 0.29) is 24.4 Å². The molecule has 1 aromatic rings. The van der Waals surface area contributed by atoms with E-state index in [4.69, 9.17) is 0 Å². The maximum Gasteiger partial charge on any atom is 0.324 e. The van der Waals surface area contributed by atoms with Crippen molar-refractivity contribution < 1.29 is 14.4 Å². The van der Waals surface area contributed by atoms with Gasteiger partial charge in [-0.25, -0.2) is 4.79 Å². The molecule has 1 saturated carbocycles. The topological polar surface area (TPSA) is 81.8 Å². The van der Waals surface area contributed by atoms with Crippen LogP contribution in [-0.4, -0.2) is 60.4 Å². The molecule has 1 heterocycles. The molecule has 0 radical (unpaired) electrons. The van der Waals surface area contributed by atoms with Gasteiger partial charge < -0.3 is 10.6 Å². The summed E-state index contributed by atoms with van der Waals surface area (Å²) in [6, 6.07) is 7.49. The van der Waals surface area contributed by atoms with Crippen LogP contribution in [0, 0.1) is 0 Å². The van der Waals surface area contributed by atoms with Crippen molar-refractivity contribution in [1.82, 2.24) is 20.4 Å². The van der Waals surface area contributed by atoms with Crippen molar-refractivity contribution >= 4 is 17.8 Å². The van der Waals surface area contributed by atoms with Crippen LogP contribution in [0.1, 0.15) is 28.8 Å². The van der Waals surface area contributed by atoms with Crippen LogP contribution in [-0.2, 0) is 11.3 Å². The molecule has 128 valence electrons. The smallest absolute Gasteiger partial charge is 0.324 e. The molecule has 1 aliphatic heterocycles. The molecular formula is C17H22N4O3. The predicted molar refractivity (Wildman–Crippen MR) is 88.4 cm³/mol. The van der Waals surface area contributed by atoms with Crippen LogP contribution in [0.2, 0.25) is 0 Å². The normalized spacial score (nSPS) is 17.1. The van der Waals surface area contributed by atoms with E-state index >= 15 is 0 Å². The highest BCUT2D eigenvalue weighted by Crippen LogP contribution is 2.28. The van der Waals surface area contributed by atoms with Gasteiger partial charge in [-0.15, -0.1) is 0 Å². The van der Waals surface area contributed by atoms with E-state index in [0.29, 0.717) is 31.2 Å². The third-order valence-electron chi connectivity index (χ3n) is 4.39. The van der Waals surface area contributed by atoms with Gasteiger partial charge in [-0.2, -0.15) is 0 Å². The maximum atomic E-state index is 12.3. The number of nitrogens with one attached hydrogen (secondary N) is 2. The van der Waals surface area contributed by atoms with Crippen molar-refractivity contribution in [3.8, 4) is 0 Å². The summed E-state index contributed by atoms with van der Waals surface area (Å²) in [5.74, 6) is -0.269. The van der Waals surface area contributed by atoms with Gasteiger partial charge in [-0.05, 0) is 30.5 Å². The zero-order valence-corrected chi connectivity index (χ0v) is 13.7. The number of carbonyl (C=O) groups is 3. The second-order valence-corrected chi connectivity index (χ2v) is 6.19. The molecule has 7 heteroatoms. The number of rotatable bonds is 6. The van der Waals surface area contributed by atoms with Gasteiger partial charge in [0.05, 0.1) is 6.54 Å². The van der Waals surface area contributed by atoms with Crippen LogP contribution >= 0.6 is 0 Å². The number of amides is 4. The second kappa shape index (κ2) is 7.00. The minimum Gasteiger partial charge on any atom is -0.355 e. The average molecular weight is 330 g/mol. The largest absolute Gasteiger partial charge is 0.355 e. The SMILES string of the molecule is CNC(=O)c1ccc(CN(CC(=O)N2CCNC2=O)C2CC2)cc1. The molecule has 24 heavy (non-hydrogen) atoms. The molecule has 1 aromatic carbocycles. The molecular weight excluding hydrogens is 308 g/mol. The van der Waals surface area contributed by atoms with Crippen molar-refractivity contribution in [3.63, 3.8) is 0 Å². The minimum atomic E-state index is -0.300. The molecule has 2 fully saturated rings. The first-order valence-electron chi connectivity index (χ1n) is 8.21. The van der Waals surface area contributed by atoms with Crippen LogP contribution in [0.25, 0.3) is 0 Å². The number of hydrogen-bond donors (Lipinski definition) is 2. The van der Waals surface area contributed by atoms with Crippen molar-refractivity contribution in [1.29, 1.82) is 0 Å². The van der Waals surface area contributed by atoms with Gasteiger partial charge in [-0.3, -0.25) is 19.4 Å². The first-order chi connectivity index (χ1) is 11.6. The monoisotopic (exact) mass is 330 g/mol. The van der Waals surface area contributed by atoms with E-state index in [1.54, 1.807) is 19.2 Å². The van der Waals surface area contributed by atoms with Crippen molar-refractivity contribution in [2.24, 2.45) is 0 Å². The third-order valence-corrected chi connectivity index (χ3v) is 4.39. The van der Waals surface area contributed by atoms with Crippen LogP contribution in [0.5, 0.6) is 0 Å². The highest BCUT2D eigenvalue weighted by Gasteiger charge is 2.33. The molecule has 1 aliphatic carbocycles. The van der Waals surface area contributed by atoms with Crippen LogP contribution in [0.3, 0.4) is 0 Å². The highest BCUT2D eigenvalue weighted by molar-refractivity contribution is 5.96. The van der Waals surface area contributed by atoms with Gasteiger partial charge in [0.15, 0.2) is 0 Å². The number of nitrogens with zero attached hydrogens (tertiary/aromatic N) is 2. The molecule has 0 aromatic heterocycles. The molecule has 0 atom stereocenters. The third kappa shape index (κ3) is 3.73. The Hall–Kier alpha value is -2.41. The van der Waals surface area contributed by atoms with E-state index < -0.39 is 0 Å². The first-order valence-corrected chi connectivity index (χ1v) is 8.21. The summed E-state index contributed by atoms with van der Waals surface area (Å²) < 4.78 is 0. The molecule has 4 amide bonds. The Labute approximate surface area is 141 Å². The lowest BCUT2D eigenvalue weighted by atomic mass is 10.1. The summed E-state index contributed by atoms with van der Waals surface area (Å²) in [5, 5.41) is 5.24. The lowest BCUT2D eigenvalue weighted by Crippen LogP contribution is -2.42. The Kier molecular flexibility index (Phi) is 4.80. The van der Waals surface area contributed by atoms with Gasteiger partial charge in [-0.1, -0.05) is 12.1 Å². The summed E-state index contributed by atoms with van der Waals surface area (Å²) in [5.41, 5.74) is 1.66. The Bertz CT molecular complexity index is 640. The number of benzene rings is 1. The fourth-order valence-corrected chi connectivity index (χ4v) is 2.86. The quantitative estimate of drug-likeness (QED) is 0.799. The Morgan fingerprint density at radius 1 is 1.29 bits per heavy atom. The number of urea groups is 1. The van der Waals surface area contributed by atoms with E-state index in [1.165, 1.54) is 4.90 Å². The summed E-state index contributed by atoms with van der Waals surface area (Å²) in [6.45, 7) is 1.85. The Morgan fingerprint density at radius 2 is 2.00 bits per heavy atom. The van der Waals surface area contributed by atoms with Gasteiger partial charge in [0.25, 0.3) is 5.91 Å². The standard InChI is InChI=1S/C17H22N4O3/c1-18-16(23)13-4-2-12(3-5-13)10-20(14-6-7-14)11-15(22)21-9-8-19-17(21)24/h2-5,14H,6-11H2,1H3,(H,18,23)(H,19,24). The Balaban J connectivity index is 1.63. The van der Waals surface area contributed by atoms with E-state index in [2.05, 4.69) is 15.5 Å². The van der Waals surface area contributed by atoms with Gasteiger partial charge in [0.2, 0.25) is 5.91 Å². The predicted octanol–water partition coefficient (Wildman–Crippen LogP) is 0.562. The fraction of sp³-hybridized carbons (Fsp3) is 0.471. The van der Waals surface area contributed by atoms with Crippen LogP contribution < -0.4 is 10.6 Å². The molecule has 2 N–H and O–H groups in total. The van der Waals surface area contributed by atoms with E-state index in [1.807, 2.05) is 12.1 Å². The number of hydrogen-bond acceptors (Lipinski definition) is 4. The Morgan fingerprint density at radius 3 is 2.54 bits per heavy atom. The van der Waals surface area contributed by atoms with E-state index in [9.17, 15) is 14.4 Å². The molecule has 1 saturated heterocycles. The summed E-state index contributed by atoms with van der Waals surface area (Å²) >= 11 is 0. The molecule has 0 spiro atoms. The van der Waals surface area contributed by atoms with Crippen molar-refractivity contribution in [2.45, 2.75) is 25.4 Å². The highest BCUT2D eigenvalue weighted by atomic mass is 16.2. The molecule has 0 bridgehead atoms. The summed E-state index contributed by atoms with van der Waals surface area (Å²) in [6.07, 6.45) is 2.16. The van der Waals surface area contributed by atoms with Gasteiger partial charge in [0, 0.05) is 38.3 Å². The maximum absolute atomic E-state index is 12.3. The lowest BCUT2D eigenvalue weighted by Gasteiger charge is -2.23. The fourth-order valence-electron chi connectivity index (χ4n) is 2.86. The van der Waals surface area contributed by atoms with E-state index in [0.717, 1.165) is 18.4 Å². The molecule has 2 aliphatic rings. The molecule has 3 rings (SSSR count). The van der Waals surface area contributed by atoms with Crippen molar-refractivity contribution in [3.05, 3.63) is 35.4 Å².